The normalized spacial score (nSPS) is 21.6. The molecular formula is C30H28F2N4. The molecule has 0 saturated heterocycles. The van der Waals surface area contributed by atoms with E-state index in [0.29, 0.717) is 0 Å². The molecule has 2 aromatic heterocycles. The Kier molecular flexibility index (Phi) is 4.85. The van der Waals surface area contributed by atoms with Gasteiger partial charge in [0.15, 0.2) is 0 Å². The molecule has 3 atom stereocenters. The third-order valence-electron chi connectivity index (χ3n) is 8.33. The summed E-state index contributed by atoms with van der Waals surface area (Å²) in [6.07, 6.45) is 4.70. The topological polar surface area (TPSA) is 83.6 Å². The summed E-state index contributed by atoms with van der Waals surface area (Å²) in [6.45, 7) is 0. The largest absolute Gasteiger partial charge is 0.357 e. The maximum Gasteiger partial charge on any atom is 0.123 e. The lowest BCUT2D eigenvalue weighted by Gasteiger charge is -2.30. The summed E-state index contributed by atoms with van der Waals surface area (Å²) in [5.74, 6) is -0.391. The van der Waals surface area contributed by atoms with Crippen molar-refractivity contribution in [3.63, 3.8) is 0 Å². The van der Waals surface area contributed by atoms with Gasteiger partial charge in [0.2, 0.25) is 0 Å². The number of aromatic amines is 2. The number of hydrogen-bond donors (Lipinski definition) is 4. The third kappa shape index (κ3) is 3.25. The minimum absolute atomic E-state index is 0.00286. The minimum Gasteiger partial charge on any atom is -0.357 e. The number of rotatable bonds is 2. The molecule has 3 unspecified atom stereocenters. The van der Waals surface area contributed by atoms with Crippen LogP contribution in [0.15, 0.2) is 54.6 Å². The van der Waals surface area contributed by atoms with Gasteiger partial charge < -0.3 is 21.4 Å². The molecule has 0 radical (unpaired) electrons. The van der Waals surface area contributed by atoms with E-state index in [-0.39, 0.29) is 29.6 Å². The van der Waals surface area contributed by atoms with Crippen LogP contribution >= 0.6 is 0 Å². The molecule has 0 amide bonds. The summed E-state index contributed by atoms with van der Waals surface area (Å²) in [7, 11) is 0. The van der Waals surface area contributed by atoms with Crippen LogP contribution in [0.3, 0.4) is 0 Å². The van der Waals surface area contributed by atoms with E-state index in [1.807, 2.05) is 12.1 Å². The zero-order valence-corrected chi connectivity index (χ0v) is 19.9. The maximum atomic E-state index is 13.9. The van der Waals surface area contributed by atoms with Crippen LogP contribution in [-0.2, 0) is 12.8 Å². The monoisotopic (exact) mass is 482 g/mol. The number of hydrogen-bond acceptors (Lipinski definition) is 2. The fourth-order valence-electron chi connectivity index (χ4n) is 6.58. The Balaban J connectivity index is 1.40. The Hall–Kier alpha value is -3.48. The predicted molar refractivity (Wildman–Crippen MR) is 140 cm³/mol. The quantitative estimate of drug-likeness (QED) is 0.227. The summed E-state index contributed by atoms with van der Waals surface area (Å²) < 4.78 is 27.7. The molecule has 182 valence electrons. The highest BCUT2D eigenvalue weighted by Crippen LogP contribution is 2.46. The van der Waals surface area contributed by atoms with E-state index in [4.69, 9.17) is 11.5 Å². The molecule has 0 bridgehead atoms. The van der Waals surface area contributed by atoms with E-state index in [1.165, 1.54) is 29.1 Å². The molecule has 6 N–H and O–H groups in total. The zero-order valence-electron chi connectivity index (χ0n) is 19.9. The Labute approximate surface area is 207 Å². The molecule has 2 aliphatic rings. The fraction of sp³-hybridized carbons (Fsp3) is 0.267. The van der Waals surface area contributed by atoms with E-state index < -0.39 is 0 Å². The number of aryl methyl sites for hydroxylation is 2. The van der Waals surface area contributed by atoms with Crippen molar-refractivity contribution in [1.82, 2.24) is 9.97 Å². The van der Waals surface area contributed by atoms with Crippen molar-refractivity contribution < 1.29 is 8.78 Å². The van der Waals surface area contributed by atoms with Crippen LogP contribution in [0.25, 0.3) is 32.9 Å². The maximum absolute atomic E-state index is 13.9. The number of nitrogens with one attached hydrogen (secondary N) is 2. The smallest absolute Gasteiger partial charge is 0.123 e. The van der Waals surface area contributed by atoms with Gasteiger partial charge in [-0.2, -0.15) is 0 Å². The van der Waals surface area contributed by atoms with Crippen LogP contribution in [-0.4, -0.2) is 9.97 Å². The van der Waals surface area contributed by atoms with Crippen LogP contribution in [0.4, 0.5) is 8.78 Å². The highest BCUT2D eigenvalue weighted by molar-refractivity contribution is 5.99. The van der Waals surface area contributed by atoms with Gasteiger partial charge in [-0.25, -0.2) is 8.78 Å². The van der Waals surface area contributed by atoms with Gasteiger partial charge in [-0.3, -0.25) is 0 Å². The fourth-order valence-corrected chi connectivity index (χ4v) is 6.58. The highest BCUT2D eigenvalue weighted by Gasteiger charge is 2.32. The van der Waals surface area contributed by atoms with Crippen molar-refractivity contribution in [2.75, 3.05) is 0 Å². The molecular weight excluding hydrogens is 454 g/mol. The number of benzene rings is 3. The van der Waals surface area contributed by atoms with Crippen LogP contribution < -0.4 is 11.5 Å². The SMILES string of the molecule is NC1CCCc2c1[nH]c1cc(C3CCc4c([nH]c5ccc(F)cc45)C3N)cc(-c3ccc(F)cc3)c21. The van der Waals surface area contributed by atoms with E-state index in [9.17, 15) is 8.78 Å². The Morgan fingerprint density at radius 1 is 0.750 bits per heavy atom. The lowest BCUT2D eigenvalue weighted by Crippen LogP contribution is -2.25. The van der Waals surface area contributed by atoms with Crippen molar-refractivity contribution in [2.45, 2.75) is 50.1 Å². The molecule has 0 saturated carbocycles. The second-order valence-electron chi connectivity index (χ2n) is 10.4. The van der Waals surface area contributed by atoms with E-state index in [0.717, 1.165) is 82.2 Å². The van der Waals surface area contributed by atoms with Crippen molar-refractivity contribution >= 4 is 21.8 Å². The second-order valence-corrected chi connectivity index (χ2v) is 10.4. The molecule has 4 nitrogen and oxygen atoms in total. The molecule has 0 spiro atoms. The van der Waals surface area contributed by atoms with E-state index in [2.05, 4.69) is 22.1 Å². The van der Waals surface area contributed by atoms with Gasteiger partial charge in [-0.1, -0.05) is 18.2 Å². The second kappa shape index (κ2) is 8.02. The molecule has 5 aromatic rings. The summed E-state index contributed by atoms with van der Waals surface area (Å²) in [5.41, 5.74) is 23.1. The van der Waals surface area contributed by atoms with Gasteiger partial charge in [0, 0.05) is 45.2 Å². The number of aromatic nitrogens is 2. The van der Waals surface area contributed by atoms with Gasteiger partial charge in [0.1, 0.15) is 11.6 Å². The van der Waals surface area contributed by atoms with Crippen LogP contribution in [0, 0.1) is 11.6 Å². The lowest BCUT2D eigenvalue weighted by atomic mass is 9.78. The highest BCUT2D eigenvalue weighted by atomic mass is 19.1. The number of fused-ring (bicyclic) bond motifs is 6. The Morgan fingerprint density at radius 3 is 2.36 bits per heavy atom. The van der Waals surface area contributed by atoms with E-state index >= 15 is 0 Å². The van der Waals surface area contributed by atoms with Gasteiger partial charge in [-0.15, -0.1) is 0 Å². The third-order valence-corrected chi connectivity index (χ3v) is 8.33. The van der Waals surface area contributed by atoms with Crippen molar-refractivity contribution in [3.05, 3.63) is 94.3 Å². The molecule has 3 aromatic carbocycles. The Bertz CT molecular complexity index is 1630. The average molecular weight is 483 g/mol. The summed E-state index contributed by atoms with van der Waals surface area (Å²) in [4.78, 5) is 7.11. The molecule has 36 heavy (non-hydrogen) atoms. The van der Waals surface area contributed by atoms with Crippen LogP contribution in [0.5, 0.6) is 0 Å². The standard InChI is InChI=1S/C30H28F2N4/c31-17-6-4-15(5-7-17)22-12-16(13-26-27(22)21-2-1-3-24(33)29(21)36-26)19-9-10-20-23-14-18(32)8-11-25(23)35-30(20)28(19)34/h4-8,11-14,19,24,28,35-36H,1-3,9-10,33-34H2. The van der Waals surface area contributed by atoms with Gasteiger partial charge >= 0.3 is 0 Å². The summed E-state index contributed by atoms with van der Waals surface area (Å²) in [6, 6.07) is 15.8. The first kappa shape index (κ1) is 21.8. The van der Waals surface area contributed by atoms with Crippen molar-refractivity contribution in [2.24, 2.45) is 11.5 Å². The summed E-state index contributed by atoms with van der Waals surface area (Å²) >= 11 is 0. The molecule has 2 heterocycles. The average Bonchev–Trinajstić information content (AvgIpc) is 3.44. The Morgan fingerprint density at radius 2 is 1.53 bits per heavy atom. The number of halogens is 2. The first-order chi connectivity index (χ1) is 17.5. The lowest BCUT2D eigenvalue weighted by molar-refractivity contribution is 0.480. The van der Waals surface area contributed by atoms with E-state index in [1.54, 1.807) is 12.1 Å². The molecule has 0 fully saturated rings. The van der Waals surface area contributed by atoms with Crippen molar-refractivity contribution in [1.29, 1.82) is 0 Å². The molecule has 7 rings (SSSR count). The number of nitrogens with two attached hydrogens (primary N) is 2. The predicted octanol–water partition coefficient (Wildman–Crippen LogP) is 6.66. The molecule has 2 aliphatic carbocycles. The summed E-state index contributed by atoms with van der Waals surface area (Å²) in [5, 5.41) is 2.11. The number of H-pyrrole nitrogens is 2. The molecule has 6 heteroatoms. The van der Waals surface area contributed by atoms with Gasteiger partial charge in [-0.05, 0) is 96.3 Å². The first-order valence-electron chi connectivity index (χ1n) is 12.7. The van der Waals surface area contributed by atoms with Gasteiger partial charge in [0.05, 0.1) is 6.04 Å². The van der Waals surface area contributed by atoms with Gasteiger partial charge in [0.25, 0.3) is 0 Å². The molecule has 0 aliphatic heterocycles. The zero-order chi connectivity index (χ0) is 24.6. The van der Waals surface area contributed by atoms with Crippen LogP contribution in [0.2, 0.25) is 0 Å². The first-order valence-corrected chi connectivity index (χ1v) is 12.7. The minimum atomic E-state index is -0.249. The van der Waals surface area contributed by atoms with Crippen molar-refractivity contribution in [3.8, 4) is 11.1 Å². The van der Waals surface area contributed by atoms with Crippen LogP contribution in [0.1, 0.15) is 65.3 Å².